The number of methoxy groups -OCH3 is 1. The lowest BCUT2D eigenvalue weighted by Gasteiger charge is -2.28. The molecule has 0 heterocycles. The highest BCUT2D eigenvalue weighted by molar-refractivity contribution is 5.97. The third kappa shape index (κ3) is 4.96. The Hall–Kier alpha value is -2.08. The second-order valence-corrected chi connectivity index (χ2v) is 5.95. The summed E-state index contributed by atoms with van der Waals surface area (Å²) in [6.45, 7) is 4.55. The number of aliphatic hydroxyl groups is 1. The highest BCUT2D eigenvalue weighted by Gasteiger charge is 2.32. The Balaban J connectivity index is 2.88. The summed E-state index contributed by atoms with van der Waals surface area (Å²) in [5, 5.41) is 9.78. The molecule has 0 aliphatic rings. The molecule has 1 N–H and O–H groups in total. The van der Waals surface area contributed by atoms with Crippen molar-refractivity contribution < 1.29 is 19.4 Å². The molecule has 2 atom stereocenters. The molecule has 0 fully saturated rings. The SMILES string of the molecule is CCCCN(C)c1ccc(C(=O)N(C)C(C(=O)OC)C(C)O)cc1. The molecule has 0 bridgehead atoms. The van der Waals surface area contributed by atoms with Crippen LogP contribution in [0.2, 0.25) is 0 Å². The first-order chi connectivity index (χ1) is 11.3. The fourth-order valence-corrected chi connectivity index (χ4v) is 2.51. The van der Waals surface area contributed by atoms with Gasteiger partial charge < -0.3 is 19.6 Å². The summed E-state index contributed by atoms with van der Waals surface area (Å²) in [4.78, 5) is 27.7. The van der Waals surface area contributed by atoms with E-state index in [4.69, 9.17) is 0 Å². The third-order valence-corrected chi connectivity index (χ3v) is 4.04. The number of nitrogens with zero attached hydrogens (tertiary/aromatic N) is 2. The van der Waals surface area contributed by atoms with Crippen molar-refractivity contribution in [2.45, 2.75) is 38.8 Å². The van der Waals surface area contributed by atoms with E-state index in [9.17, 15) is 14.7 Å². The van der Waals surface area contributed by atoms with Gasteiger partial charge in [0.1, 0.15) is 0 Å². The van der Waals surface area contributed by atoms with Gasteiger partial charge in [-0.25, -0.2) is 4.79 Å². The molecule has 134 valence electrons. The van der Waals surface area contributed by atoms with Gasteiger partial charge >= 0.3 is 5.97 Å². The molecule has 24 heavy (non-hydrogen) atoms. The molecule has 0 aliphatic carbocycles. The molecule has 1 aromatic carbocycles. The molecule has 0 spiro atoms. The van der Waals surface area contributed by atoms with Crippen LogP contribution in [0.1, 0.15) is 37.0 Å². The molecule has 0 aromatic heterocycles. The molecule has 0 saturated heterocycles. The van der Waals surface area contributed by atoms with Crippen LogP contribution in [0.3, 0.4) is 0 Å². The molecule has 0 saturated carbocycles. The molecule has 6 nitrogen and oxygen atoms in total. The van der Waals surface area contributed by atoms with Crippen molar-refractivity contribution >= 4 is 17.6 Å². The monoisotopic (exact) mass is 336 g/mol. The lowest BCUT2D eigenvalue weighted by atomic mass is 10.1. The van der Waals surface area contributed by atoms with Crippen LogP contribution in [0, 0.1) is 0 Å². The Labute approximate surface area is 144 Å². The van der Waals surface area contributed by atoms with Crippen LogP contribution in [0.4, 0.5) is 5.69 Å². The van der Waals surface area contributed by atoms with Gasteiger partial charge in [-0.3, -0.25) is 4.79 Å². The van der Waals surface area contributed by atoms with Crippen LogP contribution < -0.4 is 4.90 Å². The number of anilines is 1. The summed E-state index contributed by atoms with van der Waals surface area (Å²) in [6.07, 6.45) is 1.21. The number of benzene rings is 1. The summed E-state index contributed by atoms with van der Waals surface area (Å²) in [6, 6.07) is 6.19. The van der Waals surface area contributed by atoms with Crippen LogP contribution in [-0.4, -0.2) is 61.8 Å². The first-order valence-electron chi connectivity index (χ1n) is 8.17. The topological polar surface area (TPSA) is 70.1 Å². The number of rotatable bonds is 8. The minimum Gasteiger partial charge on any atom is -0.467 e. The van der Waals surface area contributed by atoms with Crippen LogP contribution in [0.5, 0.6) is 0 Å². The van der Waals surface area contributed by atoms with E-state index in [0.717, 1.165) is 25.1 Å². The van der Waals surface area contributed by atoms with E-state index in [0.29, 0.717) is 5.56 Å². The maximum atomic E-state index is 12.6. The number of hydrogen-bond donors (Lipinski definition) is 1. The van der Waals surface area contributed by atoms with Crippen LogP contribution in [0.15, 0.2) is 24.3 Å². The summed E-state index contributed by atoms with van der Waals surface area (Å²) in [5.74, 6) is -0.981. The summed E-state index contributed by atoms with van der Waals surface area (Å²) >= 11 is 0. The Morgan fingerprint density at radius 3 is 2.25 bits per heavy atom. The number of hydrogen-bond acceptors (Lipinski definition) is 5. The molecule has 1 rings (SSSR count). The third-order valence-electron chi connectivity index (χ3n) is 4.04. The second-order valence-electron chi connectivity index (χ2n) is 5.95. The van der Waals surface area contributed by atoms with Crippen molar-refractivity contribution in [3.05, 3.63) is 29.8 Å². The predicted octanol–water partition coefficient (Wildman–Crippen LogP) is 1.92. The fourth-order valence-electron chi connectivity index (χ4n) is 2.51. The van der Waals surface area contributed by atoms with E-state index in [1.165, 1.54) is 26.0 Å². The zero-order valence-electron chi connectivity index (χ0n) is 15.2. The Bertz CT molecular complexity index is 542. The number of carbonyl (C=O) groups is 2. The Morgan fingerprint density at radius 2 is 1.79 bits per heavy atom. The molecule has 0 aliphatic heterocycles. The number of amides is 1. The van der Waals surface area contributed by atoms with E-state index in [2.05, 4.69) is 16.6 Å². The second kappa shape index (κ2) is 9.27. The van der Waals surface area contributed by atoms with Crippen molar-refractivity contribution in [1.29, 1.82) is 0 Å². The van der Waals surface area contributed by atoms with Crippen LogP contribution in [0.25, 0.3) is 0 Å². The Morgan fingerprint density at radius 1 is 1.21 bits per heavy atom. The van der Waals surface area contributed by atoms with Crippen molar-refractivity contribution in [2.75, 3.05) is 32.6 Å². The molecular weight excluding hydrogens is 308 g/mol. The Kier molecular flexibility index (Phi) is 7.71. The maximum Gasteiger partial charge on any atom is 0.331 e. The molecule has 1 amide bonds. The van der Waals surface area contributed by atoms with E-state index in [1.807, 2.05) is 19.2 Å². The highest BCUT2D eigenvalue weighted by Crippen LogP contribution is 2.17. The van der Waals surface area contributed by atoms with Gasteiger partial charge in [-0.1, -0.05) is 13.3 Å². The number of aliphatic hydroxyl groups excluding tert-OH is 1. The largest absolute Gasteiger partial charge is 0.467 e. The van der Waals surface area contributed by atoms with Gasteiger partial charge in [-0.2, -0.15) is 0 Å². The van der Waals surface area contributed by atoms with Gasteiger partial charge in [0.05, 0.1) is 13.2 Å². The zero-order chi connectivity index (χ0) is 18.3. The minimum absolute atomic E-state index is 0.339. The zero-order valence-corrected chi connectivity index (χ0v) is 15.2. The summed E-state index contributed by atoms with van der Waals surface area (Å²) < 4.78 is 4.67. The lowest BCUT2D eigenvalue weighted by Crippen LogP contribution is -2.49. The maximum absolute atomic E-state index is 12.6. The number of carbonyl (C=O) groups excluding carboxylic acids is 2. The molecule has 0 radical (unpaired) electrons. The van der Waals surface area contributed by atoms with E-state index in [1.54, 1.807) is 12.1 Å². The molecule has 1 aromatic rings. The average Bonchev–Trinajstić information content (AvgIpc) is 2.58. The predicted molar refractivity (Wildman–Crippen MR) is 94.2 cm³/mol. The smallest absolute Gasteiger partial charge is 0.331 e. The van der Waals surface area contributed by atoms with Crippen molar-refractivity contribution in [3.8, 4) is 0 Å². The van der Waals surface area contributed by atoms with Gasteiger partial charge in [-0.15, -0.1) is 0 Å². The summed E-state index contributed by atoms with van der Waals surface area (Å²) in [7, 11) is 4.73. The lowest BCUT2D eigenvalue weighted by molar-refractivity contribution is -0.149. The number of esters is 1. The van der Waals surface area contributed by atoms with E-state index >= 15 is 0 Å². The van der Waals surface area contributed by atoms with E-state index in [-0.39, 0.29) is 5.91 Å². The van der Waals surface area contributed by atoms with Gasteiger partial charge in [-0.05, 0) is 37.6 Å². The average molecular weight is 336 g/mol. The quantitative estimate of drug-likeness (QED) is 0.735. The molecular formula is C18H28N2O4. The standard InChI is InChI=1S/C18H28N2O4/c1-6-7-12-19(3)15-10-8-14(9-11-15)17(22)20(4)16(13(2)21)18(23)24-5/h8-11,13,16,21H,6-7,12H2,1-5H3. The first kappa shape index (κ1) is 20.0. The first-order valence-corrected chi connectivity index (χ1v) is 8.17. The normalized spacial score (nSPS) is 13.1. The van der Waals surface area contributed by atoms with Gasteiger partial charge in [0.25, 0.3) is 5.91 Å². The molecule has 2 unspecified atom stereocenters. The highest BCUT2D eigenvalue weighted by atomic mass is 16.5. The van der Waals surface area contributed by atoms with Crippen LogP contribution in [-0.2, 0) is 9.53 Å². The fraction of sp³-hybridized carbons (Fsp3) is 0.556. The summed E-state index contributed by atoms with van der Waals surface area (Å²) in [5.41, 5.74) is 1.49. The van der Waals surface area contributed by atoms with Crippen molar-refractivity contribution in [1.82, 2.24) is 4.90 Å². The van der Waals surface area contributed by atoms with Gasteiger partial charge in [0, 0.05) is 31.9 Å². The number of unbranched alkanes of at least 4 members (excludes halogenated alkanes) is 1. The van der Waals surface area contributed by atoms with Crippen molar-refractivity contribution in [2.24, 2.45) is 0 Å². The number of likely N-dealkylation sites (N-methyl/N-ethyl adjacent to an activating group) is 1. The molecule has 6 heteroatoms. The minimum atomic E-state index is -1.03. The van der Waals surface area contributed by atoms with Gasteiger partial charge in [0.2, 0.25) is 0 Å². The van der Waals surface area contributed by atoms with Crippen molar-refractivity contribution in [3.63, 3.8) is 0 Å². The number of ether oxygens (including phenoxy) is 1. The van der Waals surface area contributed by atoms with E-state index < -0.39 is 18.1 Å². The van der Waals surface area contributed by atoms with Gasteiger partial charge in [0.15, 0.2) is 6.04 Å². The van der Waals surface area contributed by atoms with Crippen LogP contribution >= 0.6 is 0 Å².